The number of benzene rings is 2. The van der Waals surface area contributed by atoms with Crippen molar-refractivity contribution in [3.63, 3.8) is 0 Å². The molecule has 0 fully saturated rings. The molecule has 166 valence electrons. The van der Waals surface area contributed by atoms with Crippen molar-refractivity contribution in [3.05, 3.63) is 76.4 Å². The van der Waals surface area contributed by atoms with E-state index in [4.69, 9.17) is 0 Å². The third-order valence-corrected chi connectivity index (χ3v) is 5.01. The minimum atomic E-state index is -1.73. The van der Waals surface area contributed by atoms with Crippen molar-refractivity contribution >= 4 is 17.5 Å². The maximum Gasteiger partial charge on any atom is 0.272 e. The number of rotatable bonds is 5. The van der Waals surface area contributed by atoms with Crippen molar-refractivity contribution in [2.75, 3.05) is 11.9 Å². The first-order chi connectivity index (χ1) is 15.3. The number of hydrogen-bond donors (Lipinski definition) is 2. The molecule has 11 heteroatoms. The number of nitrogens with one attached hydrogen (secondary N) is 2. The Balaban J connectivity index is 1.49. The molecule has 1 aliphatic carbocycles. The normalized spacial score (nSPS) is 12.5. The van der Waals surface area contributed by atoms with E-state index in [2.05, 4.69) is 10.4 Å². The largest absolute Gasteiger partial charge is 0.342 e. The van der Waals surface area contributed by atoms with Crippen LogP contribution >= 0.6 is 0 Å². The lowest BCUT2D eigenvalue weighted by atomic mass is 10.2. The summed E-state index contributed by atoms with van der Waals surface area (Å²) in [4.78, 5) is 24.6. The summed E-state index contributed by atoms with van der Waals surface area (Å²) >= 11 is 0. The molecule has 0 saturated heterocycles. The topological polar surface area (TPSA) is 76.0 Å². The van der Waals surface area contributed by atoms with Crippen LogP contribution in [-0.4, -0.2) is 28.1 Å². The Morgan fingerprint density at radius 2 is 1.69 bits per heavy atom. The minimum absolute atomic E-state index is 0.0223. The van der Waals surface area contributed by atoms with Gasteiger partial charge in [-0.2, -0.15) is 5.10 Å². The number of carbonyl (C=O) groups is 2. The molecule has 0 atom stereocenters. The molecule has 0 aliphatic heterocycles. The summed E-state index contributed by atoms with van der Waals surface area (Å²) in [6.07, 6.45) is 1.84. The standard InChI is InChI=1S/C21H15F5N4O2/c22-12-5-4-10(8-14(12)24)30-16-3-1-2-11(16)20(29-30)21(32)27-9-17(31)28-15-7-6-13(23)18(25)19(15)26/h4-8H,1-3,9H2,(H,27,32)(H,28,31). The average molecular weight is 450 g/mol. The van der Waals surface area contributed by atoms with Crippen LogP contribution in [0.1, 0.15) is 28.2 Å². The van der Waals surface area contributed by atoms with Crippen LogP contribution in [0.4, 0.5) is 27.6 Å². The molecule has 2 aromatic carbocycles. The van der Waals surface area contributed by atoms with Gasteiger partial charge < -0.3 is 10.6 Å². The lowest BCUT2D eigenvalue weighted by Crippen LogP contribution is -2.33. The zero-order chi connectivity index (χ0) is 23.0. The molecule has 6 nitrogen and oxygen atoms in total. The molecule has 0 saturated carbocycles. The van der Waals surface area contributed by atoms with Gasteiger partial charge in [0.25, 0.3) is 5.91 Å². The minimum Gasteiger partial charge on any atom is -0.342 e. The summed E-state index contributed by atoms with van der Waals surface area (Å²) in [5, 5.41) is 8.57. The molecule has 4 rings (SSSR count). The van der Waals surface area contributed by atoms with E-state index in [1.807, 2.05) is 5.32 Å². The summed E-state index contributed by atoms with van der Waals surface area (Å²) in [6, 6.07) is 4.75. The number of halogens is 5. The van der Waals surface area contributed by atoms with Crippen molar-refractivity contribution in [3.8, 4) is 5.69 Å². The maximum atomic E-state index is 13.7. The quantitative estimate of drug-likeness (QED) is 0.462. The summed E-state index contributed by atoms with van der Waals surface area (Å²) in [5.74, 6) is -8.35. The first-order valence-electron chi connectivity index (χ1n) is 9.54. The van der Waals surface area contributed by atoms with E-state index >= 15 is 0 Å². The summed E-state index contributed by atoms with van der Waals surface area (Å²) in [7, 11) is 0. The second-order valence-electron chi connectivity index (χ2n) is 7.09. The first kappa shape index (κ1) is 21.5. The predicted molar refractivity (Wildman–Crippen MR) is 103 cm³/mol. The second-order valence-corrected chi connectivity index (χ2v) is 7.09. The van der Waals surface area contributed by atoms with Crippen molar-refractivity contribution in [1.82, 2.24) is 15.1 Å². The number of hydrogen-bond acceptors (Lipinski definition) is 3. The smallest absolute Gasteiger partial charge is 0.272 e. The van der Waals surface area contributed by atoms with Crippen LogP contribution < -0.4 is 10.6 Å². The highest BCUT2D eigenvalue weighted by Crippen LogP contribution is 2.28. The highest BCUT2D eigenvalue weighted by Gasteiger charge is 2.27. The fourth-order valence-electron chi connectivity index (χ4n) is 3.51. The molecule has 0 unspecified atom stereocenters. The molecule has 2 N–H and O–H groups in total. The van der Waals surface area contributed by atoms with Gasteiger partial charge in [0.1, 0.15) is 0 Å². The number of fused-ring (bicyclic) bond motifs is 1. The zero-order valence-corrected chi connectivity index (χ0v) is 16.3. The molecule has 1 heterocycles. The number of carbonyl (C=O) groups excluding carboxylic acids is 2. The third kappa shape index (κ3) is 3.93. The van der Waals surface area contributed by atoms with E-state index in [-0.39, 0.29) is 11.4 Å². The van der Waals surface area contributed by atoms with E-state index < -0.39 is 53.1 Å². The second kappa shape index (κ2) is 8.40. The maximum absolute atomic E-state index is 13.7. The van der Waals surface area contributed by atoms with Crippen molar-refractivity contribution < 1.29 is 31.5 Å². The monoisotopic (exact) mass is 450 g/mol. The van der Waals surface area contributed by atoms with E-state index in [0.717, 1.165) is 24.6 Å². The van der Waals surface area contributed by atoms with Crippen LogP contribution in [0.5, 0.6) is 0 Å². The fourth-order valence-corrected chi connectivity index (χ4v) is 3.51. The Hall–Kier alpha value is -3.76. The molecule has 2 amide bonds. The molecule has 1 aliphatic rings. The van der Waals surface area contributed by atoms with E-state index in [0.29, 0.717) is 30.2 Å². The molecular weight excluding hydrogens is 435 g/mol. The van der Waals surface area contributed by atoms with Gasteiger partial charge in [-0.25, -0.2) is 26.6 Å². The van der Waals surface area contributed by atoms with Crippen molar-refractivity contribution in [2.24, 2.45) is 0 Å². The van der Waals surface area contributed by atoms with Gasteiger partial charge in [-0.15, -0.1) is 0 Å². The van der Waals surface area contributed by atoms with Crippen molar-refractivity contribution in [1.29, 1.82) is 0 Å². The Kier molecular flexibility index (Phi) is 5.64. The third-order valence-electron chi connectivity index (χ3n) is 5.01. The van der Waals surface area contributed by atoms with Gasteiger partial charge >= 0.3 is 0 Å². The number of aromatic nitrogens is 2. The predicted octanol–water partition coefficient (Wildman–Crippen LogP) is 3.43. The summed E-state index contributed by atoms with van der Waals surface area (Å²) in [6.45, 7) is -0.593. The summed E-state index contributed by atoms with van der Waals surface area (Å²) < 4.78 is 68.2. The van der Waals surface area contributed by atoms with Crippen molar-refractivity contribution in [2.45, 2.75) is 19.3 Å². The van der Waals surface area contributed by atoms with Crippen LogP contribution in [0.25, 0.3) is 5.69 Å². The number of anilines is 1. The van der Waals surface area contributed by atoms with E-state index in [1.54, 1.807) is 0 Å². The Morgan fingerprint density at radius 1 is 0.938 bits per heavy atom. The van der Waals surface area contributed by atoms with Gasteiger partial charge in [0.2, 0.25) is 5.91 Å². The van der Waals surface area contributed by atoms with Crippen LogP contribution in [0.15, 0.2) is 30.3 Å². The first-order valence-corrected chi connectivity index (χ1v) is 9.54. The average Bonchev–Trinajstić information content (AvgIpc) is 3.37. The van der Waals surface area contributed by atoms with Gasteiger partial charge in [0.15, 0.2) is 34.8 Å². The molecule has 1 aromatic heterocycles. The highest BCUT2D eigenvalue weighted by molar-refractivity contribution is 5.99. The van der Waals surface area contributed by atoms with E-state index in [1.165, 1.54) is 10.7 Å². The van der Waals surface area contributed by atoms with Crippen LogP contribution in [0.2, 0.25) is 0 Å². The number of nitrogens with zero attached hydrogens (tertiary/aromatic N) is 2. The number of amides is 2. The molecule has 0 spiro atoms. The highest BCUT2D eigenvalue weighted by atomic mass is 19.2. The van der Waals surface area contributed by atoms with Gasteiger partial charge in [-0.05, 0) is 43.5 Å². The van der Waals surface area contributed by atoms with Crippen LogP contribution in [0.3, 0.4) is 0 Å². The van der Waals surface area contributed by atoms with Crippen LogP contribution in [0, 0.1) is 29.1 Å². The molecule has 32 heavy (non-hydrogen) atoms. The van der Waals surface area contributed by atoms with Crippen LogP contribution in [-0.2, 0) is 17.6 Å². The lowest BCUT2D eigenvalue weighted by molar-refractivity contribution is -0.115. The Bertz CT molecular complexity index is 1240. The van der Waals surface area contributed by atoms with Gasteiger partial charge in [-0.1, -0.05) is 0 Å². The SMILES string of the molecule is O=C(CNC(=O)c1nn(-c2ccc(F)c(F)c2)c2c1CCC2)Nc1ccc(F)c(F)c1F. The van der Waals surface area contributed by atoms with Gasteiger partial charge in [-0.3, -0.25) is 9.59 Å². The van der Waals surface area contributed by atoms with Gasteiger partial charge in [0.05, 0.1) is 17.9 Å². The molecule has 0 radical (unpaired) electrons. The lowest BCUT2D eigenvalue weighted by Gasteiger charge is -2.08. The van der Waals surface area contributed by atoms with E-state index in [9.17, 15) is 31.5 Å². The molecule has 0 bridgehead atoms. The van der Waals surface area contributed by atoms with Gasteiger partial charge in [0, 0.05) is 17.3 Å². The Morgan fingerprint density at radius 3 is 2.44 bits per heavy atom. The molecular formula is C21H15F5N4O2. The summed E-state index contributed by atoms with van der Waals surface area (Å²) in [5.41, 5.74) is 0.988. The zero-order valence-electron chi connectivity index (χ0n) is 16.3. The Labute approximate surface area is 178 Å². The molecule has 3 aromatic rings. The fraction of sp³-hybridized carbons (Fsp3) is 0.190.